The Morgan fingerprint density at radius 2 is 1.67 bits per heavy atom. The minimum atomic E-state index is -0.427. The number of anilines is 1. The van der Waals surface area contributed by atoms with E-state index in [0.29, 0.717) is 16.7 Å². The summed E-state index contributed by atoms with van der Waals surface area (Å²) < 4.78 is 0. The number of carbonyl (C=O) groups is 2. The van der Waals surface area contributed by atoms with Crippen LogP contribution < -0.4 is 5.32 Å². The number of nitrogens with one attached hydrogen (secondary N) is 2. The van der Waals surface area contributed by atoms with E-state index in [1.807, 2.05) is 62.4 Å². The van der Waals surface area contributed by atoms with E-state index in [4.69, 9.17) is 0 Å². The number of hydrogen-bond donors (Lipinski definition) is 2. The fraction of sp³-hybridized carbons (Fsp3) is 0.273. The van der Waals surface area contributed by atoms with Gasteiger partial charge in [-0.25, -0.2) is 4.98 Å². The summed E-state index contributed by atoms with van der Waals surface area (Å²) in [6.07, 6.45) is 0. The fourth-order valence-corrected chi connectivity index (χ4v) is 3.63. The van der Waals surface area contributed by atoms with Crippen molar-refractivity contribution in [2.45, 2.75) is 31.2 Å². The molecule has 3 aromatic rings. The molecule has 1 aromatic heterocycles. The maximum atomic E-state index is 12.7. The highest BCUT2D eigenvalue weighted by atomic mass is 32.2. The summed E-state index contributed by atoms with van der Waals surface area (Å²) in [5.74, 6) is 0.246. The summed E-state index contributed by atoms with van der Waals surface area (Å²) in [4.78, 5) is 30.8. The largest absolute Gasteiger partial charge is 0.335 e. The second-order valence-electron chi connectivity index (χ2n) is 7.20. The number of thioether (sulfide) groups is 1. The van der Waals surface area contributed by atoms with Crippen molar-refractivity contribution in [2.75, 3.05) is 18.9 Å². The lowest BCUT2D eigenvalue weighted by Gasteiger charge is -2.20. The molecule has 30 heavy (non-hydrogen) atoms. The Morgan fingerprint density at radius 1 is 1.07 bits per heavy atom. The molecule has 3 rings (SSSR count). The second-order valence-corrected chi connectivity index (χ2v) is 8.51. The molecule has 2 N–H and O–H groups in total. The van der Waals surface area contributed by atoms with Gasteiger partial charge in [0, 0.05) is 18.3 Å². The van der Waals surface area contributed by atoms with Crippen molar-refractivity contribution < 1.29 is 9.59 Å². The third kappa shape index (κ3) is 5.70. The number of hydrogen-bond acceptors (Lipinski definition) is 5. The van der Waals surface area contributed by atoms with Crippen molar-refractivity contribution in [3.8, 4) is 11.4 Å². The predicted octanol–water partition coefficient (Wildman–Crippen LogP) is 3.67. The Labute approximate surface area is 180 Å². The summed E-state index contributed by atoms with van der Waals surface area (Å²) in [6.45, 7) is 5.76. The van der Waals surface area contributed by atoms with E-state index in [0.717, 1.165) is 11.1 Å². The van der Waals surface area contributed by atoms with Gasteiger partial charge in [-0.3, -0.25) is 14.7 Å². The first-order valence-corrected chi connectivity index (χ1v) is 10.5. The van der Waals surface area contributed by atoms with E-state index in [2.05, 4.69) is 20.5 Å². The molecule has 1 atom stereocenters. The zero-order valence-electron chi connectivity index (χ0n) is 17.5. The van der Waals surface area contributed by atoms with Crippen LogP contribution in [0.3, 0.4) is 0 Å². The molecule has 156 valence electrons. The van der Waals surface area contributed by atoms with Crippen LogP contribution in [0.5, 0.6) is 0 Å². The average Bonchev–Trinajstić information content (AvgIpc) is 3.18. The zero-order valence-corrected chi connectivity index (χ0v) is 18.3. The lowest BCUT2D eigenvalue weighted by atomic mass is 10.1. The van der Waals surface area contributed by atoms with Gasteiger partial charge in [-0.15, -0.1) is 5.10 Å². The van der Waals surface area contributed by atoms with Crippen LogP contribution in [-0.4, -0.2) is 50.7 Å². The normalized spacial score (nSPS) is 11.7. The van der Waals surface area contributed by atoms with Crippen molar-refractivity contribution in [2.24, 2.45) is 0 Å². The first-order valence-electron chi connectivity index (χ1n) is 9.59. The number of amides is 2. The third-order valence-electron chi connectivity index (χ3n) is 4.51. The van der Waals surface area contributed by atoms with Gasteiger partial charge in [-0.2, -0.15) is 0 Å². The van der Waals surface area contributed by atoms with E-state index in [1.54, 1.807) is 14.0 Å². The molecular formula is C22H25N5O2S. The number of H-pyrrole nitrogens is 1. The summed E-state index contributed by atoms with van der Waals surface area (Å²) in [6, 6.07) is 15.5. The lowest BCUT2D eigenvalue weighted by Crippen LogP contribution is -2.38. The minimum Gasteiger partial charge on any atom is -0.335 e. The first kappa shape index (κ1) is 21.6. The van der Waals surface area contributed by atoms with Crippen molar-refractivity contribution in [1.29, 1.82) is 0 Å². The van der Waals surface area contributed by atoms with Gasteiger partial charge in [0.05, 0.1) is 11.8 Å². The molecule has 1 heterocycles. The Hall–Kier alpha value is -3.13. The zero-order chi connectivity index (χ0) is 21.7. The van der Waals surface area contributed by atoms with Gasteiger partial charge in [0.25, 0.3) is 0 Å². The number of benzene rings is 2. The van der Waals surface area contributed by atoms with Gasteiger partial charge < -0.3 is 10.2 Å². The molecule has 0 bridgehead atoms. The molecule has 0 saturated heterocycles. The second kappa shape index (κ2) is 9.58. The van der Waals surface area contributed by atoms with Gasteiger partial charge in [0.2, 0.25) is 17.0 Å². The maximum absolute atomic E-state index is 12.7. The highest BCUT2D eigenvalue weighted by Crippen LogP contribution is 2.23. The SMILES string of the molecule is Cc1ccc(NC(=O)CN(C)C(=O)[C@@H](C)Sc2n[nH]c(-c3ccc(C)cc3)n2)cc1. The number of carbonyl (C=O) groups excluding carboxylic acids is 2. The Morgan fingerprint density at radius 3 is 2.30 bits per heavy atom. The lowest BCUT2D eigenvalue weighted by molar-refractivity contribution is -0.132. The predicted molar refractivity (Wildman–Crippen MR) is 119 cm³/mol. The average molecular weight is 424 g/mol. The van der Waals surface area contributed by atoms with Gasteiger partial charge in [0.1, 0.15) is 0 Å². The van der Waals surface area contributed by atoms with Gasteiger partial charge >= 0.3 is 0 Å². The highest BCUT2D eigenvalue weighted by molar-refractivity contribution is 8.00. The molecule has 0 spiro atoms. The monoisotopic (exact) mass is 423 g/mol. The minimum absolute atomic E-state index is 0.0276. The van der Waals surface area contributed by atoms with E-state index in [9.17, 15) is 9.59 Å². The van der Waals surface area contributed by atoms with Crippen LogP contribution in [-0.2, 0) is 9.59 Å². The van der Waals surface area contributed by atoms with Crippen LogP contribution in [0.1, 0.15) is 18.1 Å². The van der Waals surface area contributed by atoms with Crippen molar-refractivity contribution in [1.82, 2.24) is 20.1 Å². The molecular weight excluding hydrogens is 398 g/mol. The molecule has 8 heteroatoms. The number of nitrogens with zero attached hydrogens (tertiary/aromatic N) is 3. The van der Waals surface area contributed by atoms with Crippen molar-refractivity contribution >= 4 is 29.3 Å². The van der Waals surface area contributed by atoms with E-state index in [-0.39, 0.29) is 18.4 Å². The Balaban J connectivity index is 1.54. The fourth-order valence-electron chi connectivity index (χ4n) is 2.79. The number of aromatic amines is 1. The van der Waals surface area contributed by atoms with E-state index >= 15 is 0 Å². The number of rotatable bonds is 7. The van der Waals surface area contributed by atoms with Crippen LogP contribution >= 0.6 is 11.8 Å². The van der Waals surface area contributed by atoms with Gasteiger partial charge in [-0.05, 0) is 32.9 Å². The van der Waals surface area contributed by atoms with Crippen LogP contribution in [0.4, 0.5) is 5.69 Å². The molecule has 0 saturated carbocycles. The molecule has 0 radical (unpaired) electrons. The maximum Gasteiger partial charge on any atom is 0.243 e. The van der Waals surface area contributed by atoms with Crippen molar-refractivity contribution in [3.63, 3.8) is 0 Å². The smallest absolute Gasteiger partial charge is 0.243 e. The molecule has 7 nitrogen and oxygen atoms in total. The van der Waals surface area contributed by atoms with Crippen LogP contribution in [0.2, 0.25) is 0 Å². The number of aryl methyl sites for hydroxylation is 2. The molecule has 0 aliphatic rings. The molecule has 0 aliphatic heterocycles. The molecule has 2 amide bonds. The standard InChI is InChI=1S/C22H25N5O2S/c1-14-5-9-17(10-6-14)20-24-22(26-25-20)30-16(3)21(29)27(4)13-19(28)23-18-11-7-15(2)8-12-18/h5-12,16H,13H2,1-4H3,(H,23,28)(H,24,25,26)/t16-/m1/s1. The van der Waals surface area contributed by atoms with Crippen LogP contribution in [0, 0.1) is 13.8 Å². The highest BCUT2D eigenvalue weighted by Gasteiger charge is 2.22. The Bertz CT molecular complexity index is 1010. The number of likely N-dealkylation sites (N-methyl/N-ethyl adjacent to an activating group) is 1. The van der Waals surface area contributed by atoms with Crippen LogP contribution in [0.15, 0.2) is 53.7 Å². The topological polar surface area (TPSA) is 91.0 Å². The molecule has 0 fully saturated rings. The van der Waals surface area contributed by atoms with E-state index < -0.39 is 5.25 Å². The summed E-state index contributed by atoms with van der Waals surface area (Å²) in [7, 11) is 1.61. The van der Waals surface area contributed by atoms with Crippen LogP contribution in [0.25, 0.3) is 11.4 Å². The summed E-state index contributed by atoms with van der Waals surface area (Å²) in [5.41, 5.74) is 3.92. The third-order valence-corrected chi connectivity index (χ3v) is 5.46. The quantitative estimate of drug-likeness (QED) is 0.566. The summed E-state index contributed by atoms with van der Waals surface area (Å²) >= 11 is 1.25. The van der Waals surface area contributed by atoms with Gasteiger partial charge in [0.15, 0.2) is 5.82 Å². The Kier molecular flexibility index (Phi) is 6.89. The van der Waals surface area contributed by atoms with Crippen molar-refractivity contribution in [3.05, 3.63) is 59.7 Å². The molecule has 0 unspecified atom stereocenters. The summed E-state index contributed by atoms with van der Waals surface area (Å²) in [5, 5.41) is 9.97. The van der Waals surface area contributed by atoms with Gasteiger partial charge in [-0.1, -0.05) is 59.3 Å². The number of aromatic nitrogens is 3. The van der Waals surface area contributed by atoms with E-state index in [1.165, 1.54) is 22.2 Å². The first-order chi connectivity index (χ1) is 14.3. The molecule has 0 aliphatic carbocycles. The molecule has 2 aromatic carbocycles.